The normalized spacial score (nSPS) is 13.4. The summed E-state index contributed by atoms with van der Waals surface area (Å²) in [6, 6.07) is 69.7. The fourth-order valence-corrected chi connectivity index (χ4v) is 9.84. The summed E-state index contributed by atoms with van der Waals surface area (Å²) in [7, 11) is 0. The van der Waals surface area contributed by atoms with Crippen molar-refractivity contribution in [3.05, 3.63) is 217 Å². The molecule has 0 fully saturated rings. The first kappa shape index (κ1) is 28.8. The van der Waals surface area contributed by atoms with Crippen molar-refractivity contribution in [2.45, 2.75) is 5.41 Å². The molecule has 2 heteroatoms. The number of nitrogens with zero attached hydrogens (tertiary/aromatic N) is 2. The van der Waals surface area contributed by atoms with Crippen molar-refractivity contribution in [3.8, 4) is 44.8 Å². The van der Waals surface area contributed by atoms with E-state index in [1.165, 1.54) is 88.3 Å². The van der Waals surface area contributed by atoms with Crippen LogP contribution in [0.5, 0.6) is 0 Å². The number of benzene rings is 8. The smallest absolute Gasteiger partial charge is 0.0725 e. The summed E-state index contributed by atoms with van der Waals surface area (Å²) in [5.41, 5.74) is 18.9. The van der Waals surface area contributed by atoms with Crippen LogP contribution in [0.3, 0.4) is 0 Å². The molecular weight excluding hydrogens is 641 g/mol. The maximum absolute atomic E-state index is 2.49. The minimum atomic E-state index is -0.361. The summed E-state index contributed by atoms with van der Waals surface area (Å²) in [5.74, 6) is 0. The highest BCUT2D eigenvalue weighted by Crippen LogP contribution is 2.63. The average molecular weight is 673 g/mol. The van der Waals surface area contributed by atoms with Gasteiger partial charge in [-0.2, -0.15) is 0 Å². The van der Waals surface area contributed by atoms with E-state index < -0.39 is 0 Å². The first-order valence-electron chi connectivity index (χ1n) is 18.4. The molecule has 8 aromatic carbocycles. The zero-order valence-electron chi connectivity index (χ0n) is 28.9. The molecule has 0 N–H and O–H groups in total. The Labute approximate surface area is 307 Å². The van der Waals surface area contributed by atoms with Gasteiger partial charge in [-0.15, -0.1) is 0 Å². The highest BCUT2D eigenvalue weighted by Gasteiger charge is 2.51. The Bertz CT molecular complexity index is 3040. The SMILES string of the molecule is c1ccc(-n2ccc3c2ccc2c4cc(-c5ccc6c(c5)C5(c7ccccc7-c7ccccc75)c5ccccc5-6)ccc4n(-c4ccccc4)c23)cc1. The van der Waals surface area contributed by atoms with Crippen LogP contribution in [-0.4, -0.2) is 9.13 Å². The van der Waals surface area contributed by atoms with Gasteiger partial charge in [0, 0.05) is 33.7 Å². The van der Waals surface area contributed by atoms with E-state index in [1.54, 1.807) is 0 Å². The summed E-state index contributed by atoms with van der Waals surface area (Å²) < 4.78 is 4.75. The molecule has 0 unspecified atom stereocenters. The van der Waals surface area contributed by atoms with Crippen LogP contribution in [0.25, 0.3) is 77.5 Å². The molecule has 2 aromatic heterocycles. The van der Waals surface area contributed by atoms with Crippen LogP contribution >= 0.6 is 0 Å². The Kier molecular flexibility index (Phi) is 5.73. The van der Waals surface area contributed by atoms with Gasteiger partial charge in [-0.05, 0) is 110 Å². The van der Waals surface area contributed by atoms with Crippen molar-refractivity contribution in [1.82, 2.24) is 9.13 Å². The van der Waals surface area contributed by atoms with Crippen LogP contribution in [0.1, 0.15) is 22.3 Å². The number of hydrogen-bond acceptors (Lipinski definition) is 0. The predicted molar refractivity (Wildman–Crippen MR) is 219 cm³/mol. The molecule has 10 aromatic rings. The molecule has 2 aliphatic rings. The van der Waals surface area contributed by atoms with Gasteiger partial charge in [0.1, 0.15) is 0 Å². The molecule has 12 rings (SSSR count). The predicted octanol–water partition coefficient (Wildman–Crippen LogP) is 12.7. The molecule has 2 nitrogen and oxygen atoms in total. The van der Waals surface area contributed by atoms with Gasteiger partial charge < -0.3 is 9.13 Å². The second kappa shape index (κ2) is 10.6. The molecule has 0 atom stereocenters. The van der Waals surface area contributed by atoms with Gasteiger partial charge in [0.25, 0.3) is 0 Å². The van der Waals surface area contributed by atoms with E-state index in [4.69, 9.17) is 0 Å². The summed E-state index contributed by atoms with van der Waals surface area (Å²) in [6.45, 7) is 0. The fraction of sp³-hybridized carbons (Fsp3) is 0.0196. The summed E-state index contributed by atoms with van der Waals surface area (Å²) >= 11 is 0. The third-order valence-electron chi connectivity index (χ3n) is 12.0. The molecule has 0 aliphatic heterocycles. The molecule has 53 heavy (non-hydrogen) atoms. The van der Waals surface area contributed by atoms with Gasteiger partial charge in [-0.25, -0.2) is 0 Å². The lowest BCUT2D eigenvalue weighted by Crippen LogP contribution is -2.25. The van der Waals surface area contributed by atoms with Crippen molar-refractivity contribution >= 4 is 32.7 Å². The standard InChI is InChI=1S/C51H32N2/c1-3-13-35(14-4-1)52-30-29-42-48(52)28-26-41-43-31-33(24-27-49(43)53(50(41)42)36-15-5-2-6-16-36)34-23-25-40-39-19-9-12-22-46(39)51(47(40)32-34)44-20-10-7-17-37(44)38-18-8-11-21-45(38)51/h1-32H. The van der Waals surface area contributed by atoms with E-state index in [0.717, 1.165) is 11.4 Å². The number of aromatic nitrogens is 2. The highest BCUT2D eigenvalue weighted by molar-refractivity contribution is 6.19. The Morgan fingerprint density at radius 1 is 0.340 bits per heavy atom. The number of fused-ring (bicyclic) bond motifs is 15. The van der Waals surface area contributed by atoms with E-state index in [-0.39, 0.29) is 5.41 Å². The van der Waals surface area contributed by atoms with Gasteiger partial charge in [-0.3, -0.25) is 0 Å². The summed E-state index contributed by atoms with van der Waals surface area (Å²) in [4.78, 5) is 0. The van der Waals surface area contributed by atoms with E-state index in [1.807, 2.05) is 0 Å². The third-order valence-corrected chi connectivity index (χ3v) is 12.0. The van der Waals surface area contributed by atoms with Crippen LogP contribution in [0.15, 0.2) is 194 Å². The van der Waals surface area contributed by atoms with Gasteiger partial charge >= 0.3 is 0 Å². The maximum Gasteiger partial charge on any atom is 0.0725 e. The van der Waals surface area contributed by atoms with E-state index >= 15 is 0 Å². The fourth-order valence-electron chi connectivity index (χ4n) is 9.84. The molecular formula is C51H32N2. The number of para-hydroxylation sites is 2. The first-order valence-corrected chi connectivity index (χ1v) is 18.4. The number of hydrogen-bond donors (Lipinski definition) is 0. The third kappa shape index (κ3) is 3.72. The van der Waals surface area contributed by atoms with Crippen LogP contribution < -0.4 is 0 Å². The summed E-state index contributed by atoms with van der Waals surface area (Å²) in [5, 5.41) is 3.75. The monoisotopic (exact) mass is 672 g/mol. The molecule has 0 saturated carbocycles. The Morgan fingerprint density at radius 2 is 0.868 bits per heavy atom. The Balaban J connectivity index is 1.11. The van der Waals surface area contributed by atoms with Gasteiger partial charge in [0.15, 0.2) is 0 Å². The largest absolute Gasteiger partial charge is 0.316 e. The van der Waals surface area contributed by atoms with Gasteiger partial charge in [0.05, 0.1) is 22.0 Å². The van der Waals surface area contributed by atoms with Crippen molar-refractivity contribution in [2.24, 2.45) is 0 Å². The zero-order chi connectivity index (χ0) is 34.7. The minimum Gasteiger partial charge on any atom is -0.316 e. The molecule has 0 saturated heterocycles. The molecule has 246 valence electrons. The van der Waals surface area contributed by atoms with Crippen LogP contribution in [0, 0.1) is 0 Å². The lowest BCUT2D eigenvalue weighted by atomic mass is 9.70. The van der Waals surface area contributed by atoms with Crippen LogP contribution in [-0.2, 0) is 5.41 Å². The Hall–Kier alpha value is -6.90. The highest BCUT2D eigenvalue weighted by atomic mass is 15.0. The van der Waals surface area contributed by atoms with Crippen molar-refractivity contribution in [3.63, 3.8) is 0 Å². The topological polar surface area (TPSA) is 9.86 Å². The molecule has 0 radical (unpaired) electrons. The van der Waals surface area contributed by atoms with Crippen LogP contribution in [0.4, 0.5) is 0 Å². The van der Waals surface area contributed by atoms with E-state index in [2.05, 4.69) is 203 Å². The molecule has 1 spiro atoms. The molecule has 0 amide bonds. The molecule has 2 heterocycles. The second-order valence-electron chi connectivity index (χ2n) is 14.5. The van der Waals surface area contributed by atoms with E-state index in [0.29, 0.717) is 0 Å². The quantitative estimate of drug-likeness (QED) is 0.177. The lowest BCUT2D eigenvalue weighted by molar-refractivity contribution is 0.794. The summed E-state index contributed by atoms with van der Waals surface area (Å²) in [6.07, 6.45) is 2.20. The van der Waals surface area contributed by atoms with E-state index in [9.17, 15) is 0 Å². The van der Waals surface area contributed by atoms with Gasteiger partial charge in [0.2, 0.25) is 0 Å². The molecule has 0 bridgehead atoms. The minimum absolute atomic E-state index is 0.361. The maximum atomic E-state index is 2.49. The lowest BCUT2D eigenvalue weighted by Gasteiger charge is -2.30. The average Bonchev–Trinajstić information content (AvgIpc) is 3.97. The van der Waals surface area contributed by atoms with Gasteiger partial charge in [-0.1, -0.05) is 133 Å². The van der Waals surface area contributed by atoms with Crippen molar-refractivity contribution in [2.75, 3.05) is 0 Å². The van der Waals surface area contributed by atoms with Crippen molar-refractivity contribution < 1.29 is 0 Å². The molecule has 2 aliphatic carbocycles. The van der Waals surface area contributed by atoms with Crippen molar-refractivity contribution in [1.29, 1.82) is 0 Å². The Morgan fingerprint density at radius 3 is 1.53 bits per heavy atom. The second-order valence-corrected chi connectivity index (χ2v) is 14.5. The zero-order valence-corrected chi connectivity index (χ0v) is 28.9. The number of rotatable bonds is 3. The van der Waals surface area contributed by atoms with Crippen LogP contribution in [0.2, 0.25) is 0 Å². The first-order chi connectivity index (χ1) is 26.3.